The van der Waals surface area contributed by atoms with E-state index in [-0.39, 0.29) is 0 Å². The van der Waals surface area contributed by atoms with Gasteiger partial charge in [0.25, 0.3) is 5.89 Å². The maximum atomic E-state index is 5.52. The molecule has 0 saturated heterocycles. The van der Waals surface area contributed by atoms with Crippen molar-refractivity contribution < 1.29 is 4.52 Å². The van der Waals surface area contributed by atoms with Crippen molar-refractivity contribution in [2.75, 3.05) is 0 Å². The predicted octanol–water partition coefficient (Wildman–Crippen LogP) is 4.67. The van der Waals surface area contributed by atoms with Crippen molar-refractivity contribution in [3.63, 3.8) is 0 Å². The third-order valence-corrected chi connectivity index (χ3v) is 4.85. The van der Waals surface area contributed by atoms with Crippen LogP contribution in [0.4, 0.5) is 0 Å². The lowest BCUT2D eigenvalue weighted by Gasteiger charge is -2.07. The molecule has 0 spiro atoms. The summed E-state index contributed by atoms with van der Waals surface area (Å²) < 4.78 is 7.43. The third kappa shape index (κ3) is 2.98. The Labute approximate surface area is 141 Å². The zero-order valence-electron chi connectivity index (χ0n) is 14.0. The molecule has 5 nitrogen and oxygen atoms in total. The van der Waals surface area contributed by atoms with Crippen molar-refractivity contribution in [1.29, 1.82) is 0 Å². The first-order chi connectivity index (χ1) is 11.8. The van der Waals surface area contributed by atoms with Gasteiger partial charge in [0, 0.05) is 23.4 Å². The topological polar surface area (TPSA) is 56.7 Å². The molecule has 0 bridgehead atoms. The largest absolute Gasteiger partial charge is 0.334 e. The molecule has 124 valence electrons. The summed E-state index contributed by atoms with van der Waals surface area (Å²) in [6.45, 7) is 2.04. The van der Waals surface area contributed by atoms with Crippen LogP contribution in [-0.2, 0) is 0 Å². The Hall–Kier alpha value is -2.43. The van der Waals surface area contributed by atoms with Crippen molar-refractivity contribution >= 4 is 0 Å². The summed E-state index contributed by atoms with van der Waals surface area (Å²) in [5.41, 5.74) is 3.09. The molecular weight excluding hydrogens is 300 g/mol. The second kappa shape index (κ2) is 6.59. The van der Waals surface area contributed by atoms with Crippen molar-refractivity contribution in [2.24, 2.45) is 0 Å². The van der Waals surface area contributed by atoms with E-state index in [0.717, 1.165) is 22.8 Å². The quantitative estimate of drug-likeness (QED) is 0.658. The summed E-state index contributed by atoms with van der Waals surface area (Å²) in [5.74, 6) is 1.94. The molecule has 1 aliphatic carbocycles. The maximum Gasteiger partial charge on any atom is 0.257 e. The monoisotopic (exact) mass is 322 g/mol. The lowest BCUT2D eigenvalue weighted by atomic mass is 10.00. The van der Waals surface area contributed by atoms with Gasteiger partial charge in [-0.15, -0.1) is 0 Å². The van der Waals surface area contributed by atoms with Crippen molar-refractivity contribution in [1.82, 2.24) is 19.9 Å². The molecule has 3 aromatic rings. The molecule has 0 radical (unpaired) electrons. The molecule has 2 heterocycles. The molecule has 0 aliphatic heterocycles. The van der Waals surface area contributed by atoms with Gasteiger partial charge in [0.1, 0.15) is 0 Å². The van der Waals surface area contributed by atoms with Crippen LogP contribution in [0.2, 0.25) is 0 Å². The third-order valence-electron chi connectivity index (χ3n) is 4.85. The average Bonchev–Trinajstić information content (AvgIpc) is 3.18. The SMILES string of the molecule is Cc1ccnn1-c1ccc(-c2nc(C3CCCCCC3)no2)cc1. The van der Waals surface area contributed by atoms with Crippen LogP contribution in [0.3, 0.4) is 0 Å². The van der Waals surface area contributed by atoms with Crippen LogP contribution in [0.25, 0.3) is 17.1 Å². The summed E-state index contributed by atoms with van der Waals surface area (Å²) >= 11 is 0. The molecule has 4 rings (SSSR count). The van der Waals surface area contributed by atoms with Crippen molar-refractivity contribution in [3.8, 4) is 17.1 Å². The number of rotatable bonds is 3. The highest BCUT2D eigenvalue weighted by molar-refractivity contribution is 5.55. The molecule has 1 aromatic carbocycles. The van der Waals surface area contributed by atoms with Crippen LogP contribution in [-0.4, -0.2) is 19.9 Å². The summed E-state index contributed by atoms with van der Waals surface area (Å²) in [6, 6.07) is 10.1. The Morgan fingerprint density at radius 3 is 2.42 bits per heavy atom. The average molecular weight is 322 g/mol. The molecule has 1 saturated carbocycles. The zero-order valence-corrected chi connectivity index (χ0v) is 14.0. The zero-order chi connectivity index (χ0) is 16.4. The van der Waals surface area contributed by atoms with Gasteiger partial charge in [0.15, 0.2) is 5.82 Å². The lowest BCUT2D eigenvalue weighted by molar-refractivity contribution is 0.410. The van der Waals surface area contributed by atoms with Crippen LogP contribution < -0.4 is 0 Å². The van der Waals surface area contributed by atoms with Gasteiger partial charge in [-0.1, -0.05) is 30.8 Å². The van der Waals surface area contributed by atoms with Gasteiger partial charge in [-0.25, -0.2) is 4.68 Å². The molecule has 0 N–H and O–H groups in total. The Kier molecular flexibility index (Phi) is 4.15. The van der Waals surface area contributed by atoms with E-state index in [2.05, 4.69) is 15.2 Å². The fourth-order valence-corrected chi connectivity index (χ4v) is 3.44. The van der Waals surface area contributed by atoms with Gasteiger partial charge >= 0.3 is 0 Å². The highest BCUT2D eigenvalue weighted by Gasteiger charge is 2.20. The van der Waals surface area contributed by atoms with Crippen LogP contribution in [0.15, 0.2) is 41.1 Å². The summed E-state index contributed by atoms with van der Waals surface area (Å²) in [6.07, 6.45) is 9.36. The standard InChI is InChI=1S/C19H22N4O/c1-14-12-13-20-23(14)17-10-8-16(9-11-17)19-21-18(22-24-19)15-6-4-2-3-5-7-15/h8-13,15H,2-7H2,1H3. The van der Waals surface area contributed by atoms with Gasteiger partial charge in [0.05, 0.1) is 5.69 Å². The van der Waals surface area contributed by atoms with Gasteiger partial charge in [-0.3, -0.25) is 0 Å². The minimum Gasteiger partial charge on any atom is -0.334 e. The van der Waals surface area contributed by atoms with Gasteiger partial charge in [-0.05, 0) is 50.1 Å². The number of aryl methyl sites for hydroxylation is 1. The number of hydrogen-bond donors (Lipinski definition) is 0. The van der Waals surface area contributed by atoms with E-state index in [1.165, 1.54) is 38.5 Å². The van der Waals surface area contributed by atoms with E-state index < -0.39 is 0 Å². The first kappa shape index (κ1) is 15.1. The molecule has 5 heteroatoms. The Morgan fingerprint density at radius 2 is 1.75 bits per heavy atom. The van der Waals surface area contributed by atoms with E-state index in [9.17, 15) is 0 Å². The molecular formula is C19H22N4O. The van der Waals surface area contributed by atoms with E-state index in [0.29, 0.717) is 11.8 Å². The molecule has 2 aromatic heterocycles. The predicted molar refractivity (Wildman–Crippen MR) is 92.0 cm³/mol. The van der Waals surface area contributed by atoms with Crippen LogP contribution in [0.5, 0.6) is 0 Å². The van der Waals surface area contributed by atoms with Gasteiger partial charge in [-0.2, -0.15) is 10.1 Å². The highest BCUT2D eigenvalue weighted by Crippen LogP contribution is 2.31. The fraction of sp³-hybridized carbons (Fsp3) is 0.421. The van der Waals surface area contributed by atoms with Crippen LogP contribution >= 0.6 is 0 Å². The number of nitrogens with zero attached hydrogens (tertiary/aromatic N) is 4. The van der Waals surface area contributed by atoms with E-state index in [1.807, 2.05) is 41.9 Å². The number of hydrogen-bond acceptors (Lipinski definition) is 4. The lowest BCUT2D eigenvalue weighted by Crippen LogP contribution is -1.99. The number of benzene rings is 1. The summed E-state index contributed by atoms with van der Waals surface area (Å²) in [4.78, 5) is 4.66. The van der Waals surface area contributed by atoms with Crippen LogP contribution in [0, 0.1) is 6.92 Å². The number of aromatic nitrogens is 4. The first-order valence-electron chi connectivity index (χ1n) is 8.76. The highest BCUT2D eigenvalue weighted by atomic mass is 16.5. The fourth-order valence-electron chi connectivity index (χ4n) is 3.44. The second-order valence-corrected chi connectivity index (χ2v) is 6.58. The molecule has 1 fully saturated rings. The summed E-state index contributed by atoms with van der Waals surface area (Å²) in [5, 5.41) is 8.57. The van der Waals surface area contributed by atoms with E-state index in [1.54, 1.807) is 6.20 Å². The Bertz CT molecular complexity index is 795. The first-order valence-corrected chi connectivity index (χ1v) is 8.76. The Balaban J connectivity index is 1.55. The second-order valence-electron chi connectivity index (χ2n) is 6.58. The van der Waals surface area contributed by atoms with E-state index in [4.69, 9.17) is 4.52 Å². The Morgan fingerprint density at radius 1 is 1.00 bits per heavy atom. The maximum absolute atomic E-state index is 5.52. The molecule has 0 amide bonds. The van der Waals surface area contributed by atoms with E-state index >= 15 is 0 Å². The molecule has 0 atom stereocenters. The summed E-state index contributed by atoms with van der Waals surface area (Å²) in [7, 11) is 0. The normalized spacial score (nSPS) is 16.2. The van der Waals surface area contributed by atoms with Crippen molar-refractivity contribution in [2.45, 2.75) is 51.4 Å². The smallest absolute Gasteiger partial charge is 0.257 e. The molecule has 0 unspecified atom stereocenters. The minimum absolute atomic E-state index is 0.455. The van der Waals surface area contributed by atoms with Gasteiger partial charge < -0.3 is 4.52 Å². The van der Waals surface area contributed by atoms with Gasteiger partial charge in [0.2, 0.25) is 0 Å². The minimum atomic E-state index is 0.455. The molecule has 1 aliphatic rings. The van der Waals surface area contributed by atoms with Crippen molar-refractivity contribution in [3.05, 3.63) is 48.0 Å². The van der Waals surface area contributed by atoms with Crippen LogP contribution in [0.1, 0.15) is 56.0 Å². The molecule has 24 heavy (non-hydrogen) atoms.